The maximum atomic E-state index is 11.0. The van der Waals surface area contributed by atoms with Crippen LogP contribution < -0.4 is 0 Å². The number of rotatable bonds is 2. The van der Waals surface area contributed by atoms with E-state index in [1.807, 2.05) is 0 Å². The highest BCUT2D eigenvalue weighted by molar-refractivity contribution is 8.17. The van der Waals surface area contributed by atoms with Gasteiger partial charge in [-0.2, -0.15) is 0 Å². The first kappa shape index (κ1) is 10.4. The molecule has 1 aliphatic rings. The van der Waals surface area contributed by atoms with Gasteiger partial charge in [-0.15, -0.1) is 0 Å². The molecule has 0 aliphatic heterocycles. The standard InChI is InChI=1S/C9H8ClNO3S/c10-15(12,13)8-3-1-7(2-4-8)9-5-6-11-14-9/h1,3-7H,2H2. The molecule has 0 bridgehead atoms. The van der Waals surface area contributed by atoms with Crippen molar-refractivity contribution in [3.8, 4) is 0 Å². The Kier molecular flexibility index (Phi) is 2.67. The molecule has 0 spiro atoms. The van der Waals surface area contributed by atoms with Crippen molar-refractivity contribution in [3.05, 3.63) is 41.2 Å². The Morgan fingerprint density at radius 2 is 2.33 bits per heavy atom. The van der Waals surface area contributed by atoms with Gasteiger partial charge < -0.3 is 4.52 Å². The van der Waals surface area contributed by atoms with E-state index in [9.17, 15) is 8.42 Å². The van der Waals surface area contributed by atoms with E-state index in [1.54, 1.807) is 24.4 Å². The Labute approximate surface area is 91.6 Å². The minimum atomic E-state index is -3.62. The lowest BCUT2D eigenvalue weighted by Crippen LogP contribution is -2.01. The van der Waals surface area contributed by atoms with Gasteiger partial charge in [-0.25, -0.2) is 8.42 Å². The second-order valence-corrected chi connectivity index (χ2v) is 5.73. The van der Waals surface area contributed by atoms with Crippen LogP contribution in [0.25, 0.3) is 0 Å². The third-order valence-corrected chi connectivity index (χ3v) is 3.57. The number of hydrogen-bond donors (Lipinski definition) is 0. The highest BCUT2D eigenvalue weighted by Crippen LogP contribution is 2.29. The lowest BCUT2D eigenvalue weighted by Gasteiger charge is -2.11. The second kappa shape index (κ2) is 3.83. The van der Waals surface area contributed by atoms with E-state index in [2.05, 4.69) is 5.16 Å². The van der Waals surface area contributed by atoms with Gasteiger partial charge in [0.05, 0.1) is 11.1 Å². The van der Waals surface area contributed by atoms with E-state index >= 15 is 0 Å². The second-order valence-electron chi connectivity index (χ2n) is 3.16. The maximum absolute atomic E-state index is 11.0. The Morgan fingerprint density at radius 1 is 1.53 bits per heavy atom. The van der Waals surface area contributed by atoms with Crippen molar-refractivity contribution >= 4 is 19.7 Å². The number of halogens is 1. The van der Waals surface area contributed by atoms with Crippen LogP contribution in [-0.2, 0) is 9.05 Å². The lowest BCUT2D eigenvalue weighted by atomic mass is 9.98. The molecule has 1 heterocycles. The van der Waals surface area contributed by atoms with Crippen molar-refractivity contribution < 1.29 is 12.9 Å². The summed E-state index contributed by atoms with van der Waals surface area (Å²) in [6.07, 6.45) is 6.91. The molecule has 4 nitrogen and oxygen atoms in total. The molecule has 0 N–H and O–H groups in total. The summed E-state index contributed by atoms with van der Waals surface area (Å²) in [5.74, 6) is 0.753. The van der Waals surface area contributed by atoms with Gasteiger partial charge in [0.2, 0.25) is 0 Å². The van der Waals surface area contributed by atoms with Gasteiger partial charge in [0.15, 0.2) is 0 Å². The van der Waals surface area contributed by atoms with Crippen molar-refractivity contribution in [3.63, 3.8) is 0 Å². The summed E-state index contributed by atoms with van der Waals surface area (Å²) >= 11 is 0. The fourth-order valence-corrected chi connectivity index (χ4v) is 2.29. The Morgan fingerprint density at radius 3 is 2.80 bits per heavy atom. The zero-order valence-electron chi connectivity index (χ0n) is 7.63. The molecule has 0 fully saturated rings. The molecule has 15 heavy (non-hydrogen) atoms. The van der Waals surface area contributed by atoms with Crippen molar-refractivity contribution in [1.82, 2.24) is 5.16 Å². The van der Waals surface area contributed by atoms with Gasteiger partial charge >= 0.3 is 0 Å². The van der Waals surface area contributed by atoms with Crippen LogP contribution >= 0.6 is 10.7 Å². The summed E-state index contributed by atoms with van der Waals surface area (Å²) in [7, 11) is 1.58. The molecular formula is C9H8ClNO3S. The van der Waals surface area contributed by atoms with E-state index in [-0.39, 0.29) is 10.8 Å². The van der Waals surface area contributed by atoms with Crippen LogP contribution in [0.4, 0.5) is 0 Å². The Balaban J connectivity index is 2.18. The summed E-state index contributed by atoms with van der Waals surface area (Å²) in [4.78, 5) is 0.139. The molecule has 0 aromatic carbocycles. The van der Waals surface area contributed by atoms with E-state index in [0.29, 0.717) is 12.2 Å². The van der Waals surface area contributed by atoms with Crippen LogP contribution in [0.1, 0.15) is 18.1 Å². The van der Waals surface area contributed by atoms with Gasteiger partial charge in [-0.1, -0.05) is 17.3 Å². The molecular weight excluding hydrogens is 238 g/mol. The molecule has 2 rings (SSSR count). The topological polar surface area (TPSA) is 60.2 Å². The average molecular weight is 246 g/mol. The molecule has 1 atom stereocenters. The number of aromatic nitrogens is 1. The van der Waals surface area contributed by atoms with E-state index in [0.717, 1.165) is 0 Å². The van der Waals surface area contributed by atoms with E-state index in [4.69, 9.17) is 15.2 Å². The first-order chi connectivity index (χ1) is 7.07. The summed E-state index contributed by atoms with van der Waals surface area (Å²) < 4.78 is 27.0. The van der Waals surface area contributed by atoms with Crippen LogP contribution in [0.5, 0.6) is 0 Å². The predicted octanol–water partition coefficient (Wildman–Crippen LogP) is 2.17. The van der Waals surface area contributed by atoms with Crippen LogP contribution in [0.3, 0.4) is 0 Å². The van der Waals surface area contributed by atoms with Crippen LogP contribution in [0.2, 0.25) is 0 Å². The molecule has 0 saturated heterocycles. The SMILES string of the molecule is O=S(=O)(Cl)C1=CCC(c2ccno2)C=C1. The van der Waals surface area contributed by atoms with Gasteiger partial charge in [-0.05, 0) is 12.5 Å². The zero-order chi connectivity index (χ0) is 10.9. The third-order valence-electron chi connectivity index (χ3n) is 2.17. The molecule has 1 aliphatic carbocycles. The molecule has 1 aromatic rings. The Hall–Kier alpha value is -1.07. The summed E-state index contributed by atoms with van der Waals surface area (Å²) in [6.45, 7) is 0. The first-order valence-electron chi connectivity index (χ1n) is 4.31. The average Bonchev–Trinajstić information content (AvgIpc) is 2.69. The molecule has 0 amide bonds. The summed E-state index contributed by atoms with van der Waals surface area (Å²) in [5, 5.41) is 3.59. The molecule has 0 radical (unpaired) electrons. The van der Waals surface area contributed by atoms with Crippen molar-refractivity contribution in [2.75, 3.05) is 0 Å². The zero-order valence-corrected chi connectivity index (χ0v) is 9.20. The first-order valence-corrected chi connectivity index (χ1v) is 6.62. The molecule has 0 saturated carbocycles. The van der Waals surface area contributed by atoms with Gasteiger partial charge in [0, 0.05) is 22.7 Å². The van der Waals surface area contributed by atoms with Crippen LogP contribution in [0, 0.1) is 0 Å². The molecule has 6 heteroatoms. The maximum Gasteiger partial charge on any atom is 0.260 e. The van der Waals surface area contributed by atoms with E-state index < -0.39 is 9.05 Å². The van der Waals surface area contributed by atoms with Crippen molar-refractivity contribution in [2.24, 2.45) is 0 Å². The minimum Gasteiger partial charge on any atom is -0.361 e. The van der Waals surface area contributed by atoms with Gasteiger partial charge in [0.25, 0.3) is 9.05 Å². The monoisotopic (exact) mass is 245 g/mol. The largest absolute Gasteiger partial charge is 0.361 e. The van der Waals surface area contributed by atoms with E-state index in [1.165, 1.54) is 6.08 Å². The van der Waals surface area contributed by atoms with Crippen molar-refractivity contribution in [1.29, 1.82) is 0 Å². The highest BCUT2D eigenvalue weighted by Gasteiger charge is 2.19. The molecule has 1 aromatic heterocycles. The third kappa shape index (κ3) is 2.30. The van der Waals surface area contributed by atoms with Gasteiger partial charge in [-0.3, -0.25) is 0 Å². The summed E-state index contributed by atoms with van der Waals surface area (Å²) in [5.41, 5.74) is 0. The molecule has 1 unspecified atom stereocenters. The number of hydrogen-bond acceptors (Lipinski definition) is 4. The normalized spacial score (nSPS) is 21.4. The Bertz CT molecular complexity index is 501. The smallest absolute Gasteiger partial charge is 0.260 e. The predicted molar refractivity (Wildman–Crippen MR) is 55.9 cm³/mol. The van der Waals surface area contributed by atoms with Crippen LogP contribution in [-0.4, -0.2) is 13.6 Å². The molecule has 80 valence electrons. The van der Waals surface area contributed by atoms with Crippen LogP contribution in [0.15, 0.2) is 39.9 Å². The number of nitrogens with zero attached hydrogens (tertiary/aromatic N) is 1. The lowest BCUT2D eigenvalue weighted by molar-refractivity contribution is 0.373. The number of allylic oxidation sites excluding steroid dienone is 3. The quantitative estimate of drug-likeness (QED) is 0.750. The fraction of sp³-hybridized carbons (Fsp3) is 0.222. The summed E-state index contributed by atoms with van der Waals surface area (Å²) in [6, 6.07) is 1.75. The van der Waals surface area contributed by atoms with Gasteiger partial charge in [0.1, 0.15) is 5.76 Å². The minimum absolute atomic E-state index is 0.0367. The highest BCUT2D eigenvalue weighted by atomic mass is 35.7. The van der Waals surface area contributed by atoms with Crippen molar-refractivity contribution in [2.45, 2.75) is 12.3 Å². The fourth-order valence-electron chi connectivity index (χ4n) is 1.41.